The van der Waals surface area contributed by atoms with Crippen LogP contribution in [0.5, 0.6) is 0 Å². The molecule has 7 nitrogen and oxygen atoms in total. The van der Waals surface area contributed by atoms with E-state index in [4.69, 9.17) is 9.26 Å². The maximum Gasteiger partial charge on any atom is 0.416 e. The number of hydrogen-bond acceptors (Lipinski definition) is 6. The first-order chi connectivity index (χ1) is 17.8. The summed E-state index contributed by atoms with van der Waals surface area (Å²) in [5.74, 6) is -0.0767. The lowest BCUT2D eigenvalue weighted by molar-refractivity contribution is -0.143. The van der Waals surface area contributed by atoms with Crippen molar-refractivity contribution >= 4 is 16.9 Å². The van der Waals surface area contributed by atoms with E-state index >= 15 is 0 Å². The first-order valence-corrected chi connectivity index (χ1v) is 12.5. The minimum atomic E-state index is -4.47. The summed E-state index contributed by atoms with van der Waals surface area (Å²) in [5, 5.41) is 9.15. The summed E-state index contributed by atoms with van der Waals surface area (Å²) in [6.07, 6.45) is 1.93. The minimum Gasteiger partial charge on any atom is -0.466 e. The van der Waals surface area contributed by atoms with E-state index in [-0.39, 0.29) is 35.6 Å². The molecule has 10 heteroatoms. The summed E-state index contributed by atoms with van der Waals surface area (Å²) in [4.78, 5) is 16.0. The Morgan fingerprint density at radius 2 is 1.89 bits per heavy atom. The Hall–Kier alpha value is -3.69. The molecule has 0 spiro atoms. The molecule has 37 heavy (non-hydrogen) atoms. The lowest BCUT2D eigenvalue weighted by Crippen LogP contribution is -2.14. The van der Waals surface area contributed by atoms with Gasteiger partial charge in [-0.05, 0) is 61.6 Å². The van der Waals surface area contributed by atoms with Gasteiger partial charge in [0.25, 0.3) is 5.89 Å². The number of carbonyl (C=O) groups excluding carboxylic acids is 1. The molecule has 1 aliphatic rings. The molecule has 1 fully saturated rings. The first kappa shape index (κ1) is 25.0. The second-order valence-electron chi connectivity index (χ2n) is 9.25. The van der Waals surface area contributed by atoms with E-state index in [9.17, 15) is 18.0 Å². The molecule has 0 aliphatic heterocycles. The van der Waals surface area contributed by atoms with E-state index in [1.165, 1.54) is 0 Å². The topological polar surface area (TPSA) is 83.0 Å². The molecular weight excluding hydrogens is 485 g/mol. The maximum atomic E-state index is 14.0. The van der Waals surface area contributed by atoms with Gasteiger partial charge in [0.05, 0.1) is 36.8 Å². The van der Waals surface area contributed by atoms with Gasteiger partial charge in [-0.3, -0.25) is 9.48 Å². The van der Waals surface area contributed by atoms with E-state index in [0.29, 0.717) is 24.3 Å². The Morgan fingerprint density at radius 1 is 1.11 bits per heavy atom. The van der Waals surface area contributed by atoms with Crippen molar-refractivity contribution in [2.75, 3.05) is 6.61 Å². The van der Waals surface area contributed by atoms with Crippen LogP contribution in [0.25, 0.3) is 33.7 Å². The van der Waals surface area contributed by atoms with E-state index in [1.54, 1.807) is 36.0 Å². The van der Waals surface area contributed by atoms with Gasteiger partial charge in [0, 0.05) is 16.5 Å². The van der Waals surface area contributed by atoms with Gasteiger partial charge in [0.15, 0.2) is 0 Å². The quantitative estimate of drug-likeness (QED) is 0.254. The third kappa shape index (κ3) is 5.38. The van der Waals surface area contributed by atoms with Gasteiger partial charge in [-0.15, -0.1) is 0 Å². The van der Waals surface area contributed by atoms with E-state index in [0.717, 1.165) is 49.1 Å². The fourth-order valence-corrected chi connectivity index (χ4v) is 5.00. The van der Waals surface area contributed by atoms with Crippen LogP contribution in [0, 0.1) is 0 Å². The molecule has 2 heterocycles. The summed E-state index contributed by atoms with van der Waals surface area (Å²) in [7, 11) is 0. The number of aryl methyl sites for hydroxylation is 1. The van der Waals surface area contributed by atoms with Crippen molar-refractivity contribution in [3.63, 3.8) is 0 Å². The number of halogens is 3. The molecule has 1 saturated carbocycles. The Morgan fingerprint density at radius 3 is 2.65 bits per heavy atom. The number of carbonyl (C=O) groups is 1. The number of ether oxygens (including phenoxy) is 1. The summed E-state index contributed by atoms with van der Waals surface area (Å²) in [6, 6.07) is 9.76. The van der Waals surface area contributed by atoms with Gasteiger partial charge in [0.1, 0.15) is 0 Å². The predicted molar refractivity (Wildman–Crippen MR) is 131 cm³/mol. The highest BCUT2D eigenvalue weighted by Crippen LogP contribution is 2.42. The number of aromatic nitrogens is 4. The lowest BCUT2D eigenvalue weighted by Gasteiger charge is -2.25. The summed E-state index contributed by atoms with van der Waals surface area (Å²) < 4.78 is 53.9. The molecular formula is C27H27F3N4O3. The maximum absolute atomic E-state index is 14.0. The number of alkyl halides is 3. The normalized spacial score (nSPS) is 14.8. The molecule has 0 bridgehead atoms. The van der Waals surface area contributed by atoms with Gasteiger partial charge in [-0.2, -0.15) is 23.3 Å². The molecule has 0 radical (unpaired) electrons. The van der Waals surface area contributed by atoms with Crippen molar-refractivity contribution in [1.82, 2.24) is 19.9 Å². The highest BCUT2D eigenvalue weighted by molar-refractivity contribution is 5.83. The summed E-state index contributed by atoms with van der Waals surface area (Å²) >= 11 is 0. The molecule has 2 aromatic carbocycles. The standard InChI is InChI=1S/C27H27F3N4O3/c1-2-36-24(35)12-13-34-23-11-9-18(14-20(23)16-31-34)25-32-26(37-33-25)19-8-10-21(17-6-4-3-5-7-17)22(15-19)27(28,29)30/h8-11,14-17H,2-7,12-13H2,1H3. The van der Waals surface area contributed by atoms with Crippen molar-refractivity contribution in [3.8, 4) is 22.8 Å². The van der Waals surface area contributed by atoms with Crippen molar-refractivity contribution in [2.24, 2.45) is 0 Å². The third-order valence-electron chi connectivity index (χ3n) is 6.81. The Balaban J connectivity index is 1.39. The molecule has 0 atom stereocenters. The van der Waals surface area contributed by atoms with E-state index in [2.05, 4.69) is 15.2 Å². The van der Waals surface area contributed by atoms with Gasteiger partial charge >= 0.3 is 12.1 Å². The van der Waals surface area contributed by atoms with Crippen LogP contribution in [0.2, 0.25) is 0 Å². The number of hydrogen-bond donors (Lipinski definition) is 0. The number of fused-ring (bicyclic) bond motifs is 1. The van der Waals surface area contributed by atoms with Crippen LogP contribution in [0.15, 0.2) is 47.1 Å². The fourth-order valence-electron chi connectivity index (χ4n) is 5.00. The molecule has 0 amide bonds. The van der Waals surface area contributed by atoms with Crippen LogP contribution in [0.4, 0.5) is 13.2 Å². The molecule has 2 aromatic heterocycles. The van der Waals surface area contributed by atoms with Crippen LogP contribution < -0.4 is 0 Å². The van der Waals surface area contributed by atoms with Crippen LogP contribution in [0.1, 0.15) is 62.5 Å². The predicted octanol–water partition coefficient (Wildman–Crippen LogP) is 6.77. The molecule has 0 N–H and O–H groups in total. The van der Waals surface area contributed by atoms with Crippen LogP contribution in [-0.2, 0) is 22.3 Å². The average molecular weight is 513 g/mol. The minimum absolute atomic E-state index is 0.0286. The highest BCUT2D eigenvalue weighted by Gasteiger charge is 2.36. The third-order valence-corrected chi connectivity index (χ3v) is 6.81. The highest BCUT2D eigenvalue weighted by atomic mass is 19.4. The zero-order valence-electron chi connectivity index (χ0n) is 20.4. The number of rotatable bonds is 7. The van der Waals surface area contributed by atoms with Gasteiger partial charge in [0.2, 0.25) is 5.82 Å². The van der Waals surface area contributed by atoms with E-state index in [1.807, 2.05) is 12.1 Å². The molecule has 0 unspecified atom stereocenters. The van der Waals surface area contributed by atoms with Crippen molar-refractivity contribution < 1.29 is 27.2 Å². The zero-order chi connectivity index (χ0) is 26.0. The second kappa shape index (κ2) is 10.4. The Kier molecular flexibility index (Phi) is 6.99. The van der Waals surface area contributed by atoms with Crippen molar-refractivity contribution in [3.05, 3.63) is 53.7 Å². The van der Waals surface area contributed by atoms with Crippen molar-refractivity contribution in [1.29, 1.82) is 0 Å². The number of esters is 1. The average Bonchev–Trinajstić information content (AvgIpc) is 3.55. The summed E-state index contributed by atoms with van der Waals surface area (Å²) in [6.45, 7) is 2.47. The first-order valence-electron chi connectivity index (χ1n) is 12.5. The van der Waals surface area contributed by atoms with Crippen molar-refractivity contribution in [2.45, 2.75) is 64.1 Å². The van der Waals surface area contributed by atoms with Gasteiger partial charge in [-0.1, -0.05) is 30.5 Å². The Labute approximate surface area is 211 Å². The van der Waals surface area contributed by atoms with Crippen LogP contribution >= 0.6 is 0 Å². The van der Waals surface area contributed by atoms with E-state index < -0.39 is 11.7 Å². The fraction of sp³-hybridized carbons (Fsp3) is 0.407. The second-order valence-corrected chi connectivity index (χ2v) is 9.25. The molecule has 5 rings (SSSR count). The molecule has 1 aliphatic carbocycles. The molecule has 0 saturated heterocycles. The van der Waals surface area contributed by atoms with Gasteiger partial charge < -0.3 is 9.26 Å². The Bertz CT molecular complexity index is 1400. The van der Waals surface area contributed by atoms with Gasteiger partial charge in [-0.25, -0.2) is 0 Å². The van der Waals surface area contributed by atoms with Crippen LogP contribution in [0.3, 0.4) is 0 Å². The number of nitrogens with zero attached hydrogens (tertiary/aromatic N) is 4. The largest absolute Gasteiger partial charge is 0.466 e. The lowest BCUT2D eigenvalue weighted by atomic mass is 9.81. The smallest absolute Gasteiger partial charge is 0.416 e. The number of benzene rings is 2. The zero-order valence-corrected chi connectivity index (χ0v) is 20.4. The van der Waals surface area contributed by atoms with Crippen LogP contribution in [-0.4, -0.2) is 32.5 Å². The summed E-state index contributed by atoms with van der Waals surface area (Å²) in [5.41, 5.74) is 1.42. The molecule has 194 valence electrons. The monoisotopic (exact) mass is 512 g/mol. The molecule has 4 aromatic rings. The SMILES string of the molecule is CCOC(=O)CCn1ncc2cc(-c3noc(-c4ccc(C5CCCCC5)c(C(F)(F)F)c4)n3)ccc21.